The predicted octanol–water partition coefficient (Wildman–Crippen LogP) is 21.6. The van der Waals surface area contributed by atoms with Gasteiger partial charge in [0.2, 0.25) is 5.91 Å². The van der Waals surface area contributed by atoms with Gasteiger partial charge in [-0.15, -0.1) is 0 Å². The summed E-state index contributed by atoms with van der Waals surface area (Å²) in [5, 5.41) is 54.4. The number of carbonyl (C=O) groups excluding carboxylic acids is 2. The van der Waals surface area contributed by atoms with Gasteiger partial charge in [0, 0.05) is 12.8 Å². The Morgan fingerprint density at radius 1 is 0.394 bits per heavy atom. The lowest BCUT2D eigenvalue weighted by atomic mass is 9.99. The largest absolute Gasteiger partial charge is 0.466 e. The minimum atomic E-state index is -1.58. The molecule has 1 heterocycles. The van der Waals surface area contributed by atoms with Crippen molar-refractivity contribution in [3.63, 3.8) is 0 Å². The summed E-state index contributed by atoms with van der Waals surface area (Å²) in [7, 11) is 0. The third kappa shape index (κ3) is 58.9. The van der Waals surface area contributed by atoms with Gasteiger partial charge in [-0.25, -0.2) is 0 Å². The minimum Gasteiger partial charge on any atom is -0.466 e. The first-order chi connectivity index (χ1) is 46.2. The van der Waals surface area contributed by atoms with Crippen molar-refractivity contribution in [1.82, 2.24) is 5.32 Å². The molecule has 1 rings (SSSR count). The highest BCUT2D eigenvalue weighted by atomic mass is 16.7. The van der Waals surface area contributed by atoms with Crippen LogP contribution in [0.25, 0.3) is 0 Å². The Kier molecular flexibility index (Phi) is 67.2. The molecule has 0 radical (unpaired) electrons. The van der Waals surface area contributed by atoms with E-state index in [1.54, 1.807) is 6.08 Å². The minimum absolute atomic E-state index is 0.000551. The molecule has 6 N–H and O–H groups in total. The molecule has 11 heteroatoms. The van der Waals surface area contributed by atoms with Crippen LogP contribution < -0.4 is 5.32 Å². The summed E-state index contributed by atoms with van der Waals surface area (Å²) in [6.07, 6.45) is 89.2. The van der Waals surface area contributed by atoms with Gasteiger partial charge in [-0.3, -0.25) is 9.59 Å². The molecule has 0 saturated carbocycles. The molecular weight excluding hydrogens is 1170 g/mol. The van der Waals surface area contributed by atoms with Crippen molar-refractivity contribution >= 4 is 11.9 Å². The zero-order chi connectivity index (χ0) is 67.9. The number of aliphatic hydroxyl groups is 5. The number of hydrogen-bond acceptors (Lipinski definition) is 10. The van der Waals surface area contributed by atoms with Gasteiger partial charge in [0.15, 0.2) is 6.29 Å². The van der Waals surface area contributed by atoms with Crippen molar-refractivity contribution in [3.8, 4) is 0 Å². The zero-order valence-electron chi connectivity index (χ0n) is 60.9. The molecule has 11 nitrogen and oxygen atoms in total. The van der Waals surface area contributed by atoms with Gasteiger partial charge >= 0.3 is 5.97 Å². The molecule has 546 valence electrons. The molecule has 0 aromatic heterocycles. The first kappa shape index (κ1) is 88.9. The van der Waals surface area contributed by atoms with Gasteiger partial charge < -0.3 is 45.1 Å². The Labute approximate surface area is 578 Å². The van der Waals surface area contributed by atoms with E-state index in [2.05, 4.69) is 92.1 Å². The summed E-state index contributed by atoms with van der Waals surface area (Å²) in [5.41, 5.74) is 0. The lowest BCUT2D eigenvalue weighted by Gasteiger charge is -2.40. The quantitative estimate of drug-likeness (QED) is 0.0195. The zero-order valence-corrected chi connectivity index (χ0v) is 60.9. The van der Waals surface area contributed by atoms with E-state index in [9.17, 15) is 35.1 Å². The van der Waals surface area contributed by atoms with E-state index in [-0.39, 0.29) is 18.5 Å². The Balaban J connectivity index is 1.89. The fourth-order valence-corrected chi connectivity index (χ4v) is 12.2. The van der Waals surface area contributed by atoms with Gasteiger partial charge in [0.25, 0.3) is 0 Å². The number of allylic oxidation sites excluding steroid dienone is 13. The molecule has 1 fully saturated rings. The van der Waals surface area contributed by atoms with Crippen LogP contribution in [0, 0.1) is 0 Å². The van der Waals surface area contributed by atoms with Crippen LogP contribution in [0.5, 0.6) is 0 Å². The maximum absolute atomic E-state index is 13.0. The number of aliphatic hydroxyl groups excluding tert-OH is 5. The van der Waals surface area contributed by atoms with Crippen LogP contribution >= 0.6 is 0 Å². The summed E-state index contributed by atoms with van der Waals surface area (Å²) >= 11 is 0. The smallest absolute Gasteiger partial charge is 0.305 e. The van der Waals surface area contributed by atoms with Crippen LogP contribution in [0.1, 0.15) is 367 Å². The number of esters is 1. The molecule has 7 atom stereocenters. The van der Waals surface area contributed by atoms with E-state index >= 15 is 0 Å². The highest BCUT2D eigenvalue weighted by Crippen LogP contribution is 2.23. The Morgan fingerprint density at radius 2 is 0.745 bits per heavy atom. The van der Waals surface area contributed by atoms with Gasteiger partial charge in [0.05, 0.1) is 32.0 Å². The second kappa shape index (κ2) is 71.1. The number of amides is 1. The molecular formula is C83H149NO10. The average molecular weight is 1320 g/mol. The maximum atomic E-state index is 13.0. The fourth-order valence-electron chi connectivity index (χ4n) is 12.2. The number of ether oxygens (including phenoxy) is 3. The van der Waals surface area contributed by atoms with E-state index in [1.807, 2.05) is 6.08 Å². The van der Waals surface area contributed by atoms with E-state index in [4.69, 9.17) is 14.2 Å². The van der Waals surface area contributed by atoms with Crippen LogP contribution in [0.3, 0.4) is 0 Å². The third-order valence-electron chi connectivity index (χ3n) is 18.4. The van der Waals surface area contributed by atoms with Crippen LogP contribution in [-0.4, -0.2) is 100 Å². The van der Waals surface area contributed by atoms with Gasteiger partial charge in [-0.2, -0.15) is 0 Å². The van der Waals surface area contributed by atoms with Crippen molar-refractivity contribution < 1.29 is 49.3 Å². The van der Waals surface area contributed by atoms with Crippen molar-refractivity contribution in [2.75, 3.05) is 19.8 Å². The van der Waals surface area contributed by atoms with Crippen molar-refractivity contribution in [2.24, 2.45) is 0 Å². The first-order valence-electron chi connectivity index (χ1n) is 39.9. The summed E-state index contributed by atoms with van der Waals surface area (Å²) < 4.78 is 16.7. The number of hydrogen-bond donors (Lipinski definition) is 6. The topological polar surface area (TPSA) is 175 Å². The Hall–Kier alpha value is -3.16. The van der Waals surface area contributed by atoms with Crippen molar-refractivity contribution in [2.45, 2.75) is 410 Å². The van der Waals surface area contributed by atoms with E-state index in [0.717, 1.165) is 89.9 Å². The molecule has 0 aromatic carbocycles. The number of unbranched alkanes of at least 4 members (excludes halogenated alkanes) is 44. The molecule has 1 aliphatic heterocycles. The molecule has 0 aromatic rings. The summed E-state index contributed by atoms with van der Waals surface area (Å²) in [6.45, 7) is 4.25. The molecule has 1 amide bonds. The summed E-state index contributed by atoms with van der Waals surface area (Å²) in [5.74, 6) is -0.194. The van der Waals surface area contributed by atoms with Gasteiger partial charge in [0.1, 0.15) is 24.4 Å². The van der Waals surface area contributed by atoms with E-state index in [1.165, 1.54) is 250 Å². The second-order valence-electron chi connectivity index (χ2n) is 27.4. The Morgan fingerprint density at radius 3 is 1.15 bits per heavy atom. The molecule has 1 saturated heterocycles. The Bertz CT molecular complexity index is 1840. The molecule has 1 aliphatic rings. The van der Waals surface area contributed by atoms with Gasteiger partial charge in [-0.05, 0) is 116 Å². The second-order valence-corrected chi connectivity index (χ2v) is 27.4. The highest BCUT2D eigenvalue weighted by molar-refractivity contribution is 5.76. The molecule has 0 bridgehead atoms. The summed E-state index contributed by atoms with van der Waals surface area (Å²) in [6, 6.07) is -0.833. The number of nitrogens with one attached hydrogen (secondary N) is 1. The lowest BCUT2D eigenvalue weighted by Crippen LogP contribution is -2.60. The summed E-state index contributed by atoms with van der Waals surface area (Å²) in [4.78, 5) is 25.1. The monoisotopic (exact) mass is 1320 g/mol. The number of carbonyl (C=O) groups is 2. The maximum Gasteiger partial charge on any atom is 0.305 e. The molecule has 94 heavy (non-hydrogen) atoms. The van der Waals surface area contributed by atoms with Crippen LogP contribution in [0.15, 0.2) is 85.1 Å². The molecule has 0 spiro atoms. The van der Waals surface area contributed by atoms with Crippen LogP contribution in [0.4, 0.5) is 0 Å². The SMILES string of the molecule is CCC/C=C/CC/C=C/CC/C=C/C(O)C(COC1OC(CO)C(O)C(O)C1O)NC(=O)CCCCCCCCCCCCCCCCCCC/C=C\C/C=C\CCCCCCCCCCCCCCCCCOC(=O)CCCCCCC/C=C\C/C=C\CCCCCC. The van der Waals surface area contributed by atoms with Crippen molar-refractivity contribution in [3.05, 3.63) is 85.1 Å². The molecule has 0 aliphatic carbocycles. The predicted molar refractivity (Wildman–Crippen MR) is 398 cm³/mol. The standard InChI is InChI=1S/C83H149NO10/c1-3-5-7-9-11-13-15-16-17-44-47-51-55-59-63-67-71-79(88)92-72-68-64-60-56-52-48-45-42-40-38-36-34-32-30-28-26-24-22-20-18-19-21-23-25-27-29-31-33-35-37-39-41-43-46-50-54-58-62-66-70-78(87)84-75(74-93-83-82(91)81(90)80(89)77(73-85)94-83)76(86)69-65-61-57-53-49-14-12-10-8-6-4-2/h8,10,13,15,17-19,22,24,44,49,53,65,69,75-77,80-83,85-86,89-91H,3-7,9,11-12,14,16,20-21,23,25-43,45-48,50-52,54-64,66-68,70-74H2,1-2H3,(H,84,87)/b10-8+,15-13-,19-18-,24-22-,44-17-,53-49+,69-65+. The first-order valence-corrected chi connectivity index (χ1v) is 39.9. The van der Waals surface area contributed by atoms with Crippen molar-refractivity contribution in [1.29, 1.82) is 0 Å². The van der Waals surface area contributed by atoms with Crippen LogP contribution in [0.2, 0.25) is 0 Å². The number of rotatable bonds is 70. The van der Waals surface area contributed by atoms with E-state index in [0.29, 0.717) is 19.4 Å². The fraction of sp³-hybridized carbons (Fsp3) is 0.807. The van der Waals surface area contributed by atoms with E-state index < -0.39 is 49.5 Å². The normalized spacial score (nSPS) is 17.9. The highest BCUT2D eigenvalue weighted by Gasteiger charge is 2.44. The molecule has 7 unspecified atom stereocenters. The lowest BCUT2D eigenvalue weighted by molar-refractivity contribution is -0.302. The van der Waals surface area contributed by atoms with Crippen LogP contribution in [-0.2, 0) is 23.8 Å². The third-order valence-corrected chi connectivity index (χ3v) is 18.4. The van der Waals surface area contributed by atoms with Gasteiger partial charge in [-0.1, -0.05) is 324 Å². The average Bonchev–Trinajstić information content (AvgIpc) is 1.04.